The van der Waals surface area contributed by atoms with Crippen LogP contribution < -0.4 is 5.73 Å². The summed E-state index contributed by atoms with van der Waals surface area (Å²) in [5, 5.41) is 28.1. The summed E-state index contributed by atoms with van der Waals surface area (Å²) in [6.07, 6.45) is 7.96. The highest BCUT2D eigenvalue weighted by atomic mass is 32.1. The first-order valence-corrected chi connectivity index (χ1v) is 13.7. The summed E-state index contributed by atoms with van der Waals surface area (Å²) >= 11 is 4.76. The number of aliphatic hydroxyl groups excluding tert-OH is 1. The molecule has 196 valence electrons. The molecule has 0 aliphatic heterocycles. The summed E-state index contributed by atoms with van der Waals surface area (Å²) in [7, 11) is 0. The zero-order valence-corrected chi connectivity index (χ0v) is 22.2. The maximum absolute atomic E-state index is 13.2. The van der Waals surface area contributed by atoms with E-state index >= 15 is 0 Å². The summed E-state index contributed by atoms with van der Waals surface area (Å²) in [6.45, 7) is 3.95. The van der Waals surface area contributed by atoms with Crippen molar-refractivity contribution in [3.8, 4) is 5.69 Å². The largest absolute Gasteiger partial charge is 0.463 e. The first kappa shape index (κ1) is 24.8. The Kier molecular flexibility index (Phi) is 5.68. The number of aliphatic hydroxyl groups is 2. The molecule has 6 rings (SSSR count). The molecule has 0 radical (unpaired) electrons. The molecule has 7 unspecified atom stereocenters. The number of carbonyl (C=O) groups excluding carboxylic acids is 1. The number of carbonyl (C=O) groups is 1. The molecule has 0 amide bonds. The number of para-hydroxylation sites is 1. The van der Waals surface area contributed by atoms with E-state index in [9.17, 15) is 15.0 Å². The van der Waals surface area contributed by atoms with E-state index in [2.05, 4.69) is 31.3 Å². The Hall–Kier alpha value is -2.55. The lowest BCUT2D eigenvalue weighted by Crippen LogP contribution is -2.62. The molecule has 7 nitrogen and oxygen atoms in total. The molecule has 4 N–H and O–H groups in total. The predicted molar refractivity (Wildman–Crippen MR) is 144 cm³/mol. The summed E-state index contributed by atoms with van der Waals surface area (Å²) in [5.74, 6) is 0.0322. The van der Waals surface area contributed by atoms with Gasteiger partial charge in [0.25, 0.3) is 5.17 Å². The lowest BCUT2D eigenvalue weighted by molar-refractivity contribution is -0.180. The van der Waals surface area contributed by atoms with Crippen LogP contribution in [0.5, 0.6) is 0 Å². The van der Waals surface area contributed by atoms with Crippen molar-refractivity contribution < 1.29 is 19.7 Å². The molecule has 37 heavy (non-hydrogen) atoms. The number of nitrogens with zero attached hydrogens (tertiary/aromatic N) is 2. The first-order valence-electron chi connectivity index (χ1n) is 13.3. The molecule has 8 heteroatoms. The number of nitrogens with two attached hydrogens (primary N) is 1. The third kappa shape index (κ3) is 3.56. The molecule has 1 heterocycles. The Labute approximate surface area is 222 Å². The number of Topliss-reactive ketones (excluding diaryl/α,β-unsaturated/α-hetero) is 1. The Morgan fingerprint density at radius 3 is 2.76 bits per heavy atom. The lowest BCUT2D eigenvalue weighted by Gasteiger charge is -2.60. The third-order valence-electron chi connectivity index (χ3n) is 10.3. The van der Waals surface area contributed by atoms with Gasteiger partial charge in [-0.15, -0.1) is 0 Å². The van der Waals surface area contributed by atoms with Gasteiger partial charge < -0.3 is 20.7 Å². The van der Waals surface area contributed by atoms with Crippen LogP contribution in [0, 0.1) is 28.6 Å². The molecule has 0 bridgehead atoms. The van der Waals surface area contributed by atoms with Crippen LogP contribution >= 0.6 is 12.2 Å². The normalized spacial score (nSPS) is 38.0. The van der Waals surface area contributed by atoms with Crippen LogP contribution in [-0.2, 0) is 16.0 Å². The first-order chi connectivity index (χ1) is 17.6. The van der Waals surface area contributed by atoms with Crippen molar-refractivity contribution in [2.24, 2.45) is 34.3 Å². The second-order valence-electron chi connectivity index (χ2n) is 12.0. The van der Waals surface area contributed by atoms with Crippen molar-refractivity contribution in [3.63, 3.8) is 0 Å². The smallest absolute Gasteiger partial charge is 0.254 e. The van der Waals surface area contributed by atoms with Crippen LogP contribution in [0.25, 0.3) is 11.8 Å². The highest BCUT2D eigenvalue weighted by Gasteiger charge is 2.68. The van der Waals surface area contributed by atoms with Crippen LogP contribution in [0.4, 0.5) is 0 Å². The quantitative estimate of drug-likeness (QED) is 0.528. The molecule has 0 saturated heterocycles. The van der Waals surface area contributed by atoms with Gasteiger partial charge in [-0.05, 0) is 97.7 Å². The molecule has 2 aromatic rings. The maximum atomic E-state index is 13.2. The third-order valence-corrected chi connectivity index (χ3v) is 10.5. The van der Waals surface area contributed by atoms with Gasteiger partial charge in [0, 0.05) is 11.6 Å². The number of ketones is 1. The summed E-state index contributed by atoms with van der Waals surface area (Å²) < 4.78 is 7.07. The van der Waals surface area contributed by atoms with E-state index in [1.54, 1.807) is 0 Å². The Bertz CT molecular complexity index is 1290. The van der Waals surface area contributed by atoms with E-state index in [1.165, 1.54) is 11.1 Å². The van der Waals surface area contributed by atoms with Crippen molar-refractivity contribution in [1.82, 2.24) is 9.78 Å². The molecule has 4 aliphatic rings. The SMILES string of the molecule is CC12Cc3cn(-c4ccccc4)nc3C=C1CCC1C2C(O)CC2(C)C1CCC2(O)C(=O)COC(N)=S. The van der Waals surface area contributed by atoms with Crippen molar-refractivity contribution in [2.45, 2.75) is 64.1 Å². The average Bonchev–Trinajstić information content (AvgIpc) is 3.39. The zero-order valence-electron chi connectivity index (χ0n) is 21.4. The highest BCUT2D eigenvalue weighted by Crippen LogP contribution is 2.67. The van der Waals surface area contributed by atoms with Crippen molar-refractivity contribution in [1.29, 1.82) is 0 Å². The number of hydrogen-bond donors (Lipinski definition) is 3. The van der Waals surface area contributed by atoms with Gasteiger partial charge in [0.15, 0.2) is 6.61 Å². The number of benzene rings is 1. The summed E-state index contributed by atoms with van der Waals surface area (Å²) in [5.41, 5.74) is 7.56. The van der Waals surface area contributed by atoms with Crippen LogP contribution in [0.3, 0.4) is 0 Å². The minimum atomic E-state index is -1.55. The number of fused-ring (bicyclic) bond motifs is 6. The monoisotopic (exact) mass is 521 g/mol. The fraction of sp³-hybridized carbons (Fsp3) is 0.552. The standard InChI is InChI=1S/C29H35N3O4S/c1-27-13-17-15-32(19-6-4-3-5-7-19)31-22(17)12-18(27)8-9-20-21-10-11-29(35,24(34)16-36-26(30)37)28(21,2)14-23(33)25(20)27/h3-7,12,15,20-21,23,25,33,35H,8-11,13-14,16H2,1-2H3,(H2,30,37). The molecule has 0 spiro atoms. The number of hydrogen-bond acceptors (Lipinski definition) is 6. The minimum Gasteiger partial charge on any atom is -0.463 e. The molecule has 4 aliphatic carbocycles. The van der Waals surface area contributed by atoms with E-state index in [1.807, 2.05) is 29.8 Å². The second-order valence-corrected chi connectivity index (χ2v) is 12.4. The highest BCUT2D eigenvalue weighted by molar-refractivity contribution is 7.80. The number of ether oxygens (including phenoxy) is 1. The summed E-state index contributed by atoms with van der Waals surface area (Å²) in [6, 6.07) is 10.1. The van der Waals surface area contributed by atoms with E-state index < -0.39 is 22.9 Å². The van der Waals surface area contributed by atoms with E-state index in [0.717, 1.165) is 37.1 Å². The molecule has 3 fully saturated rings. The average molecular weight is 522 g/mol. The van der Waals surface area contributed by atoms with E-state index in [4.69, 9.17) is 27.8 Å². The van der Waals surface area contributed by atoms with Gasteiger partial charge >= 0.3 is 0 Å². The van der Waals surface area contributed by atoms with Gasteiger partial charge in [0.2, 0.25) is 5.78 Å². The Balaban J connectivity index is 1.31. The van der Waals surface area contributed by atoms with Gasteiger partial charge in [-0.25, -0.2) is 4.68 Å². The number of aromatic nitrogens is 2. The van der Waals surface area contributed by atoms with E-state index in [-0.39, 0.29) is 35.0 Å². The molecule has 3 saturated carbocycles. The topological polar surface area (TPSA) is 111 Å². The van der Waals surface area contributed by atoms with Crippen molar-refractivity contribution in [3.05, 3.63) is 53.4 Å². The van der Waals surface area contributed by atoms with Gasteiger partial charge in [-0.2, -0.15) is 5.10 Å². The number of allylic oxidation sites excluding steroid dienone is 1. The molecule has 7 atom stereocenters. The fourth-order valence-electron chi connectivity index (χ4n) is 8.62. The molecule has 1 aromatic carbocycles. The van der Waals surface area contributed by atoms with Gasteiger partial charge in [0.1, 0.15) is 5.60 Å². The molecular formula is C29H35N3O4S. The van der Waals surface area contributed by atoms with Crippen LogP contribution in [-0.4, -0.2) is 49.3 Å². The predicted octanol–water partition coefficient (Wildman–Crippen LogP) is 3.59. The maximum Gasteiger partial charge on any atom is 0.254 e. The van der Waals surface area contributed by atoms with Crippen LogP contribution in [0.1, 0.15) is 57.2 Å². The van der Waals surface area contributed by atoms with Crippen LogP contribution in [0.2, 0.25) is 0 Å². The van der Waals surface area contributed by atoms with Crippen LogP contribution in [0.15, 0.2) is 42.1 Å². The second kappa shape index (κ2) is 8.48. The molecule has 1 aromatic heterocycles. The number of thiocarbonyl (C=S) groups is 1. The number of rotatable bonds is 4. The van der Waals surface area contributed by atoms with Crippen molar-refractivity contribution >= 4 is 29.3 Å². The minimum absolute atomic E-state index is 0.0594. The Morgan fingerprint density at radius 1 is 1.27 bits per heavy atom. The lowest BCUT2D eigenvalue weighted by atomic mass is 9.45. The fourth-order valence-corrected chi connectivity index (χ4v) is 8.67. The zero-order chi connectivity index (χ0) is 26.2. The van der Waals surface area contributed by atoms with Gasteiger partial charge in [-0.1, -0.05) is 37.6 Å². The van der Waals surface area contributed by atoms with Gasteiger partial charge in [-0.3, -0.25) is 4.79 Å². The van der Waals surface area contributed by atoms with Crippen molar-refractivity contribution in [2.75, 3.05) is 6.61 Å². The van der Waals surface area contributed by atoms with E-state index in [0.29, 0.717) is 12.8 Å². The van der Waals surface area contributed by atoms with Gasteiger partial charge in [0.05, 0.1) is 17.5 Å². The Morgan fingerprint density at radius 2 is 2.03 bits per heavy atom. The molecular weight excluding hydrogens is 486 g/mol. The summed E-state index contributed by atoms with van der Waals surface area (Å²) in [4.78, 5) is 13.2.